The van der Waals surface area contributed by atoms with E-state index >= 15 is 0 Å². The summed E-state index contributed by atoms with van der Waals surface area (Å²) in [4.78, 5) is 4.42. The second-order valence-electron chi connectivity index (χ2n) is 5.14. The predicted octanol–water partition coefficient (Wildman–Crippen LogP) is 4.61. The molecule has 0 unspecified atom stereocenters. The molecule has 0 aliphatic rings. The van der Waals surface area contributed by atoms with Crippen LogP contribution in [0.25, 0.3) is 11.6 Å². The Morgan fingerprint density at radius 3 is 2.58 bits per heavy atom. The second kappa shape index (κ2) is 7.88. The van der Waals surface area contributed by atoms with E-state index in [1.165, 1.54) is 0 Å². The van der Waals surface area contributed by atoms with E-state index in [-0.39, 0.29) is 5.75 Å². The molecule has 3 rings (SSSR count). The molecule has 0 saturated carbocycles. The highest BCUT2D eigenvalue weighted by Crippen LogP contribution is 2.28. The van der Waals surface area contributed by atoms with Crippen molar-refractivity contribution in [1.82, 2.24) is 4.98 Å². The fourth-order valence-corrected chi connectivity index (χ4v) is 3.93. The van der Waals surface area contributed by atoms with Gasteiger partial charge in [-0.05, 0) is 34.9 Å². The van der Waals surface area contributed by atoms with Gasteiger partial charge < -0.3 is 0 Å². The lowest BCUT2D eigenvalue weighted by Gasteiger charge is -2.07. The van der Waals surface area contributed by atoms with Gasteiger partial charge >= 0.3 is 0 Å². The molecule has 122 valence electrons. The van der Waals surface area contributed by atoms with Gasteiger partial charge in [-0.1, -0.05) is 52.3 Å². The van der Waals surface area contributed by atoms with Crippen LogP contribution < -0.4 is 0 Å². The Bertz CT molecular complexity index is 922. The molecule has 0 aliphatic carbocycles. The molecule has 0 atom stereocenters. The van der Waals surface area contributed by atoms with Crippen LogP contribution >= 0.6 is 27.3 Å². The van der Waals surface area contributed by atoms with Gasteiger partial charge in [-0.25, -0.2) is 13.4 Å². The highest BCUT2D eigenvalue weighted by Gasteiger charge is 2.09. The van der Waals surface area contributed by atoms with Crippen LogP contribution in [-0.2, 0) is 16.5 Å². The minimum atomic E-state index is -2.41. The van der Waals surface area contributed by atoms with Gasteiger partial charge in [0.25, 0.3) is 0 Å². The summed E-state index contributed by atoms with van der Waals surface area (Å²) in [6, 6.07) is 15.6. The fraction of sp³-hybridized carbons (Fsp3) is 0.0556. The van der Waals surface area contributed by atoms with Crippen molar-refractivity contribution in [3.63, 3.8) is 0 Å². The van der Waals surface area contributed by atoms with E-state index < -0.39 is 10.7 Å². The van der Waals surface area contributed by atoms with E-state index in [1.807, 2.05) is 53.9 Å². The molecule has 0 amide bonds. The van der Waals surface area contributed by atoms with Crippen molar-refractivity contribution < 1.29 is 8.42 Å². The molecule has 0 N–H and O–H groups in total. The maximum absolute atomic E-state index is 10.9. The number of aromatic nitrogens is 1. The minimum Gasteiger partial charge on any atom is -0.245 e. The summed E-state index contributed by atoms with van der Waals surface area (Å²) in [6.45, 7) is 0. The zero-order valence-electron chi connectivity index (χ0n) is 12.6. The number of hydrogen-bond donors (Lipinski definition) is 1. The molecule has 0 fully saturated rings. The Kier molecular flexibility index (Phi) is 5.60. The predicted molar refractivity (Wildman–Crippen MR) is 104 cm³/mol. The summed E-state index contributed by atoms with van der Waals surface area (Å²) in [5.74, 6) is 0.0670. The number of rotatable bonds is 5. The number of thiol groups is 1. The fourth-order valence-electron chi connectivity index (χ4n) is 2.33. The molecule has 3 nitrogen and oxygen atoms in total. The summed E-state index contributed by atoms with van der Waals surface area (Å²) in [5, 5.41) is 2.87. The molecule has 6 heteroatoms. The van der Waals surface area contributed by atoms with Crippen molar-refractivity contribution in [2.24, 2.45) is 0 Å². The van der Waals surface area contributed by atoms with Gasteiger partial charge in [0.05, 0.1) is 5.75 Å². The molecule has 1 aromatic heterocycles. The first-order valence-electron chi connectivity index (χ1n) is 7.20. The average molecular weight is 420 g/mol. The monoisotopic (exact) mass is 419 g/mol. The Morgan fingerprint density at radius 1 is 1.17 bits per heavy atom. The van der Waals surface area contributed by atoms with E-state index in [0.29, 0.717) is 0 Å². The van der Waals surface area contributed by atoms with Gasteiger partial charge in [-0.3, -0.25) is 0 Å². The molecule has 1 heterocycles. The molecule has 3 aromatic rings. The number of benzene rings is 2. The minimum absolute atomic E-state index is 0.0670. The molecule has 2 aromatic carbocycles. The van der Waals surface area contributed by atoms with Crippen LogP contribution in [0, 0.1) is 0 Å². The van der Waals surface area contributed by atoms with Gasteiger partial charge in [0.1, 0.15) is 15.7 Å². The molecule has 0 radical (unpaired) electrons. The smallest absolute Gasteiger partial charge is 0.144 e. The second-order valence-corrected chi connectivity index (χ2v) is 7.93. The van der Waals surface area contributed by atoms with Crippen LogP contribution in [0.3, 0.4) is 0 Å². The largest absolute Gasteiger partial charge is 0.245 e. The summed E-state index contributed by atoms with van der Waals surface area (Å²) in [6.07, 6.45) is 3.87. The van der Waals surface area contributed by atoms with E-state index in [2.05, 4.69) is 27.0 Å². The summed E-state index contributed by atoms with van der Waals surface area (Å²) < 4.78 is 22.7. The standard InChI is InChI=1S/C18H14BrNO2S2/c19-16-3-1-2-14(10-16)11-17(18-20-8-9-23-18)15-6-4-13(5-7-15)12-24(21)22/h1-11,24H,12H2. The van der Waals surface area contributed by atoms with E-state index in [0.717, 1.165) is 31.7 Å². The lowest BCUT2D eigenvalue weighted by molar-refractivity contribution is 0.614. The molecule has 0 aliphatic heterocycles. The third-order valence-corrected chi connectivity index (χ3v) is 5.32. The molecular formula is C18H14BrNO2S2. The number of hydrogen-bond acceptors (Lipinski definition) is 4. The van der Waals surface area contributed by atoms with Gasteiger partial charge in [0, 0.05) is 21.6 Å². The quantitative estimate of drug-likeness (QED) is 0.485. The topological polar surface area (TPSA) is 47.0 Å². The Labute approximate surface area is 154 Å². The van der Waals surface area contributed by atoms with Crippen molar-refractivity contribution in [1.29, 1.82) is 0 Å². The zero-order chi connectivity index (χ0) is 16.9. The van der Waals surface area contributed by atoms with Crippen molar-refractivity contribution in [3.05, 3.63) is 86.3 Å². The van der Waals surface area contributed by atoms with Crippen LogP contribution in [0.2, 0.25) is 0 Å². The Morgan fingerprint density at radius 2 is 1.96 bits per heavy atom. The summed E-state index contributed by atoms with van der Waals surface area (Å²) >= 11 is 5.07. The highest BCUT2D eigenvalue weighted by molar-refractivity contribution is 9.10. The van der Waals surface area contributed by atoms with Crippen molar-refractivity contribution in [2.45, 2.75) is 5.75 Å². The van der Waals surface area contributed by atoms with Crippen LogP contribution in [0.4, 0.5) is 0 Å². The zero-order valence-corrected chi connectivity index (χ0v) is 15.9. The third kappa shape index (κ3) is 4.41. The van der Waals surface area contributed by atoms with Gasteiger partial charge in [0.2, 0.25) is 0 Å². The Hall–Kier alpha value is -1.76. The first-order valence-corrected chi connectivity index (χ1v) is 10.2. The third-order valence-electron chi connectivity index (χ3n) is 3.40. The van der Waals surface area contributed by atoms with E-state index in [1.54, 1.807) is 17.5 Å². The number of thiazole rings is 1. The van der Waals surface area contributed by atoms with Crippen molar-refractivity contribution >= 4 is 49.6 Å². The average Bonchev–Trinajstić information content (AvgIpc) is 3.07. The molecule has 0 spiro atoms. The molecule has 0 saturated heterocycles. The van der Waals surface area contributed by atoms with E-state index in [9.17, 15) is 8.42 Å². The van der Waals surface area contributed by atoms with Crippen molar-refractivity contribution in [3.8, 4) is 0 Å². The van der Waals surface area contributed by atoms with Crippen LogP contribution in [-0.4, -0.2) is 13.4 Å². The maximum Gasteiger partial charge on any atom is 0.144 e. The Balaban J connectivity index is 2.02. The van der Waals surface area contributed by atoms with Crippen LogP contribution in [0.5, 0.6) is 0 Å². The molecule has 0 bridgehead atoms. The van der Waals surface area contributed by atoms with Gasteiger partial charge in [-0.2, -0.15) is 0 Å². The summed E-state index contributed by atoms with van der Waals surface area (Å²) in [7, 11) is -2.41. The highest BCUT2D eigenvalue weighted by atomic mass is 79.9. The lowest BCUT2D eigenvalue weighted by Crippen LogP contribution is -1.91. The summed E-state index contributed by atoms with van der Waals surface area (Å²) in [5.41, 5.74) is 3.88. The first-order chi connectivity index (χ1) is 11.6. The first kappa shape index (κ1) is 17.1. The van der Waals surface area contributed by atoms with E-state index in [4.69, 9.17) is 0 Å². The molecular weight excluding hydrogens is 406 g/mol. The van der Waals surface area contributed by atoms with Gasteiger partial charge in [0.15, 0.2) is 0 Å². The SMILES string of the molecule is O=[SH](=O)Cc1ccc(C(=Cc2cccc(Br)c2)c2nccs2)cc1. The maximum atomic E-state index is 10.9. The van der Waals surface area contributed by atoms with Gasteiger partial charge in [-0.15, -0.1) is 11.3 Å². The normalized spacial score (nSPS) is 11.8. The van der Waals surface area contributed by atoms with Crippen LogP contribution in [0.15, 0.2) is 64.6 Å². The van der Waals surface area contributed by atoms with Crippen molar-refractivity contribution in [2.75, 3.05) is 0 Å². The number of nitrogens with zero attached hydrogens (tertiary/aromatic N) is 1. The lowest BCUT2D eigenvalue weighted by atomic mass is 10.0. The molecule has 24 heavy (non-hydrogen) atoms. The number of halogens is 1. The van der Waals surface area contributed by atoms with Crippen LogP contribution in [0.1, 0.15) is 21.7 Å².